The van der Waals surface area contributed by atoms with Crippen LogP contribution in [0.25, 0.3) is 6.08 Å². The largest absolute Gasteiger partial charge is 0.370 e. The van der Waals surface area contributed by atoms with Crippen LogP contribution in [-0.2, 0) is 11.2 Å². The normalized spacial score (nSPS) is 13.8. The van der Waals surface area contributed by atoms with Crippen molar-refractivity contribution in [3.05, 3.63) is 29.5 Å². The van der Waals surface area contributed by atoms with E-state index >= 15 is 0 Å². The van der Waals surface area contributed by atoms with Crippen LogP contribution >= 0.6 is 11.8 Å². The summed E-state index contributed by atoms with van der Waals surface area (Å²) in [6, 6.07) is 2.15. The number of hydrogen-bond donors (Lipinski definition) is 1. The highest BCUT2D eigenvalue weighted by atomic mass is 32.2. The molecule has 0 radical (unpaired) electrons. The van der Waals surface area contributed by atoms with E-state index in [1.54, 1.807) is 6.92 Å². The summed E-state index contributed by atoms with van der Waals surface area (Å²) < 4.78 is 0. The molecule has 0 saturated heterocycles. The summed E-state index contributed by atoms with van der Waals surface area (Å²) in [7, 11) is 0. The van der Waals surface area contributed by atoms with Crippen LogP contribution in [0, 0.1) is 0 Å². The summed E-state index contributed by atoms with van der Waals surface area (Å²) in [6.07, 6.45) is 6.91. The van der Waals surface area contributed by atoms with Gasteiger partial charge in [0, 0.05) is 25.4 Å². The molecule has 1 N–H and O–H groups in total. The minimum Gasteiger partial charge on any atom is -0.370 e. The first-order valence-electron chi connectivity index (χ1n) is 5.28. The first kappa shape index (κ1) is 11.2. The van der Waals surface area contributed by atoms with Crippen molar-refractivity contribution in [2.75, 3.05) is 17.6 Å². The van der Waals surface area contributed by atoms with E-state index in [9.17, 15) is 4.79 Å². The Morgan fingerprint density at radius 2 is 2.56 bits per heavy atom. The van der Waals surface area contributed by atoms with E-state index in [1.807, 2.05) is 18.3 Å². The van der Waals surface area contributed by atoms with Gasteiger partial charge in [0.1, 0.15) is 5.82 Å². The van der Waals surface area contributed by atoms with Gasteiger partial charge in [-0.1, -0.05) is 23.9 Å². The molecule has 0 aliphatic carbocycles. The van der Waals surface area contributed by atoms with E-state index in [0.29, 0.717) is 0 Å². The van der Waals surface area contributed by atoms with E-state index < -0.39 is 0 Å². The Kier molecular flexibility index (Phi) is 3.62. The van der Waals surface area contributed by atoms with Gasteiger partial charge in [0.2, 0.25) is 0 Å². The summed E-state index contributed by atoms with van der Waals surface area (Å²) in [5.74, 6) is 1.74. The molecule has 3 nitrogen and oxygen atoms in total. The van der Waals surface area contributed by atoms with Gasteiger partial charge in [-0.3, -0.25) is 4.79 Å². The molecule has 0 atom stereocenters. The molecule has 84 valence electrons. The predicted molar refractivity (Wildman–Crippen MR) is 68.6 cm³/mol. The Balaban J connectivity index is 1.97. The second-order valence-corrected chi connectivity index (χ2v) is 4.86. The molecule has 0 unspecified atom stereocenters. The van der Waals surface area contributed by atoms with Crippen molar-refractivity contribution >= 4 is 28.8 Å². The van der Waals surface area contributed by atoms with E-state index in [-0.39, 0.29) is 5.12 Å². The van der Waals surface area contributed by atoms with Gasteiger partial charge in [0.05, 0.1) is 0 Å². The average Bonchev–Trinajstić information content (AvgIpc) is 2.71. The van der Waals surface area contributed by atoms with Crippen molar-refractivity contribution in [2.24, 2.45) is 0 Å². The van der Waals surface area contributed by atoms with Gasteiger partial charge in [-0.05, 0) is 23.6 Å². The van der Waals surface area contributed by atoms with Gasteiger partial charge in [0.25, 0.3) is 0 Å². The lowest BCUT2D eigenvalue weighted by atomic mass is 10.1. The minimum atomic E-state index is 0.154. The second kappa shape index (κ2) is 5.16. The Labute approximate surface area is 99.3 Å². The van der Waals surface area contributed by atoms with Gasteiger partial charge in [-0.15, -0.1) is 0 Å². The van der Waals surface area contributed by atoms with Gasteiger partial charge in [0.15, 0.2) is 5.12 Å². The van der Waals surface area contributed by atoms with Gasteiger partial charge in [-0.2, -0.15) is 0 Å². The van der Waals surface area contributed by atoms with E-state index in [1.165, 1.54) is 17.3 Å². The summed E-state index contributed by atoms with van der Waals surface area (Å²) in [5, 5.41) is 3.38. The lowest BCUT2D eigenvalue weighted by Gasteiger charge is -1.99. The van der Waals surface area contributed by atoms with Crippen molar-refractivity contribution in [3.8, 4) is 0 Å². The maximum absolute atomic E-state index is 10.7. The molecule has 0 amide bonds. The highest BCUT2D eigenvalue weighted by Crippen LogP contribution is 2.20. The van der Waals surface area contributed by atoms with Crippen LogP contribution in [0.4, 0.5) is 5.82 Å². The zero-order valence-corrected chi connectivity index (χ0v) is 10.0. The number of anilines is 1. The van der Waals surface area contributed by atoms with Crippen LogP contribution in [0.3, 0.4) is 0 Å². The number of nitrogens with zero attached hydrogens (tertiary/aromatic N) is 1. The molecular weight excluding hydrogens is 220 g/mol. The molecule has 1 aromatic rings. The number of aromatic nitrogens is 1. The summed E-state index contributed by atoms with van der Waals surface area (Å²) in [4.78, 5) is 15.1. The molecule has 2 rings (SSSR count). The van der Waals surface area contributed by atoms with Crippen LogP contribution in [0.1, 0.15) is 18.1 Å². The summed E-state index contributed by atoms with van der Waals surface area (Å²) in [5.41, 5.74) is 2.38. The molecule has 0 aromatic carbocycles. The number of rotatable bonds is 3. The molecule has 0 fully saturated rings. The number of thioether (sulfide) groups is 1. The van der Waals surface area contributed by atoms with Crippen molar-refractivity contribution in [3.63, 3.8) is 0 Å². The van der Waals surface area contributed by atoms with Gasteiger partial charge >= 0.3 is 0 Å². The second-order valence-electron chi connectivity index (χ2n) is 3.66. The zero-order valence-electron chi connectivity index (χ0n) is 9.19. The van der Waals surface area contributed by atoms with Crippen LogP contribution in [0.15, 0.2) is 18.3 Å². The monoisotopic (exact) mass is 234 g/mol. The number of carbonyl (C=O) groups is 1. The van der Waals surface area contributed by atoms with Crippen molar-refractivity contribution in [1.29, 1.82) is 0 Å². The average molecular weight is 234 g/mol. The molecule has 0 saturated carbocycles. The Morgan fingerprint density at radius 1 is 1.69 bits per heavy atom. The number of fused-ring (bicyclic) bond motifs is 1. The van der Waals surface area contributed by atoms with Gasteiger partial charge < -0.3 is 5.32 Å². The van der Waals surface area contributed by atoms with Crippen LogP contribution in [0.5, 0.6) is 0 Å². The lowest BCUT2D eigenvalue weighted by Crippen LogP contribution is -1.92. The third kappa shape index (κ3) is 2.85. The molecule has 0 bridgehead atoms. The number of hydrogen-bond acceptors (Lipinski definition) is 4. The quantitative estimate of drug-likeness (QED) is 0.871. The molecule has 4 heteroatoms. The van der Waals surface area contributed by atoms with E-state index in [0.717, 1.165) is 30.1 Å². The van der Waals surface area contributed by atoms with Crippen molar-refractivity contribution in [1.82, 2.24) is 4.98 Å². The molecule has 1 aliphatic heterocycles. The standard InChI is InChI=1S/C12H14N2OS/c1-9(15)16-6-2-3-10-7-11-4-5-13-12(11)14-8-10/h2-3,7-8H,4-6H2,1H3,(H,13,14). The predicted octanol–water partition coefficient (Wildman–Crippen LogP) is 2.34. The fraction of sp³-hybridized carbons (Fsp3) is 0.333. The number of nitrogens with one attached hydrogen (secondary N) is 1. The Hall–Kier alpha value is -1.29. The summed E-state index contributed by atoms with van der Waals surface area (Å²) in [6.45, 7) is 2.57. The third-order valence-corrected chi connectivity index (χ3v) is 3.13. The Morgan fingerprint density at radius 3 is 3.38 bits per heavy atom. The Bertz CT molecular complexity index is 429. The number of pyridine rings is 1. The highest BCUT2D eigenvalue weighted by Gasteiger charge is 2.10. The topological polar surface area (TPSA) is 42.0 Å². The molecule has 0 spiro atoms. The zero-order chi connectivity index (χ0) is 11.4. The number of carbonyl (C=O) groups excluding carboxylic acids is 1. The SMILES string of the molecule is CC(=O)SCC=Cc1cnc2c(c1)CCN2. The molecule has 1 aromatic heterocycles. The molecule has 1 aliphatic rings. The van der Waals surface area contributed by atoms with E-state index in [4.69, 9.17) is 0 Å². The van der Waals surface area contributed by atoms with Crippen molar-refractivity contribution < 1.29 is 4.79 Å². The van der Waals surface area contributed by atoms with Crippen LogP contribution < -0.4 is 5.32 Å². The lowest BCUT2D eigenvalue weighted by molar-refractivity contribution is -0.109. The molecule has 2 heterocycles. The maximum atomic E-state index is 10.7. The minimum absolute atomic E-state index is 0.154. The van der Waals surface area contributed by atoms with Crippen LogP contribution in [0.2, 0.25) is 0 Å². The fourth-order valence-electron chi connectivity index (χ4n) is 1.63. The maximum Gasteiger partial charge on any atom is 0.186 e. The van der Waals surface area contributed by atoms with Gasteiger partial charge in [-0.25, -0.2) is 4.98 Å². The molecular formula is C12H14N2OS. The summed E-state index contributed by atoms with van der Waals surface area (Å²) >= 11 is 1.32. The van der Waals surface area contributed by atoms with Crippen LogP contribution in [-0.4, -0.2) is 22.4 Å². The highest BCUT2D eigenvalue weighted by molar-refractivity contribution is 8.13. The van der Waals surface area contributed by atoms with E-state index in [2.05, 4.69) is 16.4 Å². The first-order chi connectivity index (χ1) is 7.75. The third-order valence-electron chi connectivity index (χ3n) is 2.37. The van der Waals surface area contributed by atoms with Crippen molar-refractivity contribution in [2.45, 2.75) is 13.3 Å². The fourth-order valence-corrected chi connectivity index (χ4v) is 2.06. The first-order valence-corrected chi connectivity index (χ1v) is 6.27. The molecule has 16 heavy (non-hydrogen) atoms. The smallest absolute Gasteiger partial charge is 0.186 e.